The lowest BCUT2D eigenvalue weighted by atomic mass is 10.2. The lowest BCUT2D eigenvalue weighted by Crippen LogP contribution is -2.34. The van der Waals surface area contributed by atoms with Gasteiger partial charge in [-0.15, -0.1) is 0 Å². The highest BCUT2D eigenvalue weighted by Gasteiger charge is 2.10. The van der Waals surface area contributed by atoms with E-state index >= 15 is 0 Å². The Morgan fingerprint density at radius 1 is 0.784 bits per heavy atom. The molecule has 0 atom stereocenters. The molecule has 1 aromatic heterocycles. The van der Waals surface area contributed by atoms with Gasteiger partial charge in [-0.3, -0.25) is 14.3 Å². The van der Waals surface area contributed by atoms with E-state index < -0.39 is 0 Å². The summed E-state index contributed by atoms with van der Waals surface area (Å²) >= 11 is 0. The molecule has 0 unspecified atom stereocenters. The third-order valence-electron chi connectivity index (χ3n) is 5.24. The van der Waals surface area contributed by atoms with E-state index in [1.165, 1.54) is 0 Å². The molecule has 1 heterocycles. The fourth-order valence-corrected chi connectivity index (χ4v) is 3.16. The maximum absolute atomic E-state index is 12.1. The minimum Gasteiger partial charge on any atom is -0.354 e. The largest absolute Gasteiger partial charge is 0.354 e. The van der Waals surface area contributed by atoms with Crippen LogP contribution in [0.15, 0.2) is 85.2 Å². The van der Waals surface area contributed by atoms with Gasteiger partial charge in [0.1, 0.15) is 5.69 Å². The van der Waals surface area contributed by atoms with Crippen LogP contribution in [0.2, 0.25) is 0 Å². The van der Waals surface area contributed by atoms with E-state index in [0.29, 0.717) is 31.6 Å². The number of hydrogen-bond acceptors (Lipinski definition) is 3. The normalized spacial score (nSPS) is 12.5. The molecule has 0 aliphatic rings. The van der Waals surface area contributed by atoms with Crippen LogP contribution in [0.4, 0.5) is 0 Å². The Morgan fingerprint density at radius 3 is 1.76 bits per heavy atom. The van der Waals surface area contributed by atoms with Crippen LogP contribution in [0.1, 0.15) is 88.7 Å². The summed E-state index contributed by atoms with van der Waals surface area (Å²) in [5.74, 6) is -0.246. The molecule has 202 valence electrons. The fourth-order valence-electron chi connectivity index (χ4n) is 3.16. The SMILES string of the molecule is CC/C=C\C/C=C\C/C=C\C/C=C\C/C=C\C/C=C\CCC(=O)NCCNC(=O)c1ccn(C(C)C)n1. The average Bonchev–Trinajstić information content (AvgIpc) is 3.39. The van der Waals surface area contributed by atoms with Gasteiger partial charge < -0.3 is 10.6 Å². The second-order valence-electron chi connectivity index (χ2n) is 8.83. The molecule has 0 aliphatic carbocycles. The molecule has 6 nitrogen and oxygen atoms in total. The van der Waals surface area contributed by atoms with Gasteiger partial charge in [0.05, 0.1) is 0 Å². The van der Waals surface area contributed by atoms with Crippen molar-refractivity contribution in [2.24, 2.45) is 0 Å². The Hall–Kier alpha value is -3.41. The topological polar surface area (TPSA) is 76.0 Å². The van der Waals surface area contributed by atoms with Gasteiger partial charge >= 0.3 is 0 Å². The zero-order valence-electron chi connectivity index (χ0n) is 22.9. The number of aromatic nitrogens is 2. The molecule has 0 aliphatic heterocycles. The Labute approximate surface area is 224 Å². The highest BCUT2D eigenvalue weighted by molar-refractivity contribution is 5.92. The molecule has 37 heavy (non-hydrogen) atoms. The zero-order valence-corrected chi connectivity index (χ0v) is 22.9. The molecular formula is C31H46N4O2. The van der Waals surface area contributed by atoms with Gasteiger partial charge in [-0.2, -0.15) is 5.10 Å². The molecule has 0 aromatic carbocycles. The van der Waals surface area contributed by atoms with Gasteiger partial charge in [-0.1, -0.05) is 79.8 Å². The van der Waals surface area contributed by atoms with Crippen molar-refractivity contribution in [3.63, 3.8) is 0 Å². The van der Waals surface area contributed by atoms with Gasteiger partial charge in [-0.25, -0.2) is 0 Å². The predicted octanol–water partition coefficient (Wildman–Crippen LogP) is 6.79. The smallest absolute Gasteiger partial charge is 0.271 e. The van der Waals surface area contributed by atoms with E-state index in [9.17, 15) is 9.59 Å². The number of carbonyl (C=O) groups is 2. The van der Waals surface area contributed by atoms with Crippen LogP contribution in [-0.4, -0.2) is 34.7 Å². The van der Waals surface area contributed by atoms with Gasteiger partial charge in [0.2, 0.25) is 5.91 Å². The molecule has 0 spiro atoms. The van der Waals surface area contributed by atoms with Crippen molar-refractivity contribution in [1.29, 1.82) is 0 Å². The van der Waals surface area contributed by atoms with Crippen LogP contribution in [0.5, 0.6) is 0 Å². The van der Waals surface area contributed by atoms with E-state index in [-0.39, 0.29) is 17.9 Å². The summed E-state index contributed by atoms with van der Waals surface area (Å²) in [7, 11) is 0. The van der Waals surface area contributed by atoms with Crippen molar-refractivity contribution in [3.05, 3.63) is 90.9 Å². The maximum Gasteiger partial charge on any atom is 0.271 e. The second kappa shape index (κ2) is 21.8. The summed E-state index contributed by atoms with van der Waals surface area (Å²) in [6.07, 6.45) is 34.8. The first-order valence-electron chi connectivity index (χ1n) is 13.5. The first-order chi connectivity index (χ1) is 18.0. The zero-order chi connectivity index (χ0) is 27.0. The molecule has 2 N–H and O–H groups in total. The van der Waals surface area contributed by atoms with Gasteiger partial charge in [0.15, 0.2) is 0 Å². The van der Waals surface area contributed by atoms with Crippen molar-refractivity contribution in [2.75, 3.05) is 13.1 Å². The van der Waals surface area contributed by atoms with Gasteiger partial charge in [0, 0.05) is 31.7 Å². The lowest BCUT2D eigenvalue weighted by molar-refractivity contribution is -0.120. The molecule has 6 heteroatoms. The van der Waals surface area contributed by atoms with Crippen LogP contribution in [0, 0.1) is 0 Å². The maximum atomic E-state index is 12.1. The molecule has 0 bridgehead atoms. The summed E-state index contributed by atoms with van der Waals surface area (Å²) in [6.45, 7) is 6.93. The van der Waals surface area contributed by atoms with Gasteiger partial charge in [0.25, 0.3) is 5.91 Å². The average molecular weight is 507 g/mol. The third-order valence-corrected chi connectivity index (χ3v) is 5.24. The van der Waals surface area contributed by atoms with E-state index in [1.54, 1.807) is 16.9 Å². The molecule has 2 amide bonds. The van der Waals surface area contributed by atoms with Crippen molar-refractivity contribution < 1.29 is 9.59 Å². The number of amides is 2. The highest BCUT2D eigenvalue weighted by Crippen LogP contribution is 2.04. The summed E-state index contributed by atoms with van der Waals surface area (Å²) in [6, 6.07) is 1.90. The Morgan fingerprint density at radius 2 is 1.27 bits per heavy atom. The molecule has 0 saturated heterocycles. The van der Waals surface area contributed by atoms with Crippen LogP contribution >= 0.6 is 0 Å². The molecule has 0 fully saturated rings. The fraction of sp³-hybridized carbons (Fsp3) is 0.452. The number of hydrogen-bond donors (Lipinski definition) is 2. The van der Waals surface area contributed by atoms with E-state index in [0.717, 1.165) is 38.5 Å². The molecule has 1 rings (SSSR count). The summed E-state index contributed by atoms with van der Waals surface area (Å²) in [5, 5.41) is 9.83. The van der Waals surface area contributed by atoms with Crippen molar-refractivity contribution in [3.8, 4) is 0 Å². The first-order valence-corrected chi connectivity index (χ1v) is 13.5. The Bertz CT molecular complexity index is 933. The van der Waals surface area contributed by atoms with E-state index in [2.05, 4.69) is 89.5 Å². The third kappa shape index (κ3) is 17.6. The molecule has 0 saturated carbocycles. The summed E-state index contributed by atoms with van der Waals surface area (Å²) < 4.78 is 1.74. The molecule has 1 aromatic rings. The minimum absolute atomic E-state index is 0.0159. The Kier molecular flexibility index (Phi) is 18.7. The number of rotatable bonds is 19. The summed E-state index contributed by atoms with van der Waals surface area (Å²) in [5.41, 5.74) is 0.387. The first kappa shape index (κ1) is 31.6. The Balaban J connectivity index is 1.99. The number of carbonyl (C=O) groups excluding carboxylic acids is 2. The monoisotopic (exact) mass is 506 g/mol. The van der Waals surface area contributed by atoms with Crippen molar-refractivity contribution in [1.82, 2.24) is 20.4 Å². The van der Waals surface area contributed by atoms with Crippen LogP contribution in [0.25, 0.3) is 0 Å². The minimum atomic E-state index is -0.230. The van der Waals surface area contributed by atoms with E-state index in [4.69, 9.17) is 0 Å². The number of allylic oxidation sites excluding steroid dienone is 12. The van der Waals surface area contributed by atoms with E-state index in [1.807, 2.05) is 19.9 Å². The van der Waals surface area contributed by atoms with Crippen molar-refractivity contribution in [2.45, 2.75) is 78.2 Å². The van der Waals surface area contributed by atoms with Crippen molar-refractivity contribution >= 4 is 11.8 Å². The standard InChI is InChI=1S/C31H46N4O2/c1-4-5-6-7-8-9-10-11-12-13-14-15-16-17-18-19-20-21-22-23-30(36)32-25-26-33-31(37)29-24-27-35(34-29)28(2)3/h5-6,8-9,11-12,14-15,17-18,20-21,24,27-28H,4,7,10,13,16,19,22-23,25-26H2,1-3H3,(H,32,36)(H,33,37)/b6-5-,9-8-,12-11-,15-14-,18-17-,21-20-. The number of nitrogens with one attached hydrogen (secondary N) is 2. The van der Waals surface area contributed by atoms with Crippen LogP contribution in [0.3, 0.4) is 0 Å². The second-order valence-corrected chi connectivity index (χ2v) is 8.83. The van der Waals surface area contributed by atoms with Crippen LogP contribution in [-0.2, 0) is 4.79 Å². The van der Waals surface area contributed by atoms with Gasteiger partial charge in [-0.05, 0) is 64.9 Å². The lowest BCUT2D eigenvalue weighted by Gasteiger charge is -2.06. The van der Waals surface area contributed by atoms with Crippen LogP contribution < -0.4 is 10.6 Å². The quantitative estimate of drug-likeness (QED) is 0.160. The highest BCUT2D eigenvalue weighted by atomic mass is 16.2. The summed E-state index contributed by atoms with van der Waals surface area (Å²) in [4.78, 5) is 24.0. The molecular weight excluding hydrogens is 460 g/mol. The number of nitrogens with zero attached hydrogens (tertiary/aromatic N) is 2. The molecule has 0 radical (unpaired) electrons. The predicted molar refractivity (Wildman–Crippen MR) is 155 cm³/mol.